The van der Waals surface area contributed by atoms with Crippen LogP contribution in [0.15, 0.2) is 53.5 Å². The lowest BCUT2D eigenvalue weighted by Crippen LogP contribution is -2.24. The first kappa shape index (κ1) is 19.1. The molecule has 3 aromatic rings. The van der Waals surface area contributed by atoms with Crippen LogP contribution in [0.4, 0.5) is 15.8 Å². The molecule has 0 bridgehead atoms. The van der Waals surface area contributed by atoms with E-state index in [1.807, 2.05) is 0 Å². The normalized spacial score (nSPS) is 15.6. The van der Waals surface area contributed by atoms with Gasteiger partial charge in [-0.3, -0.25) is 14.9 Å². The molecule has 2 aromatic carbocycles. The number of hydrogen-bond acceptors (Lipinski definition) is 5. The van der Waals surface area contributed by atoms with Gasteiger partial charge in [0.2, 0.25) is 0 Å². The van der Waals surface area contributed by atoms with E-state index in [0.29, 0.717) is 11.4 Å². The molecule has 7 nitrogen and oxygen atoms in total. The second kappa shape index (κ2) is 7.63. The van der Waals surface area contributed by atoms with E-state index in [9.17, 15) is 19.3 Å². The molecule has 0 aliphatic heterocycles. The van der Waals surface area contributed by atoms with Crippen LogP contribution in [0.2, 0.25) is 5.02 Å². The molecule has 4 rings (SSSR count). The molecule has 0 spiro atoms. The summed E-state index contributed by atoms with van der Waals surface area (Å²) in [7, 11) is 0. The van der Waals surface area contributed by atoms with Gasteiger partial charge in [-0.25, -0.2) is 4.39 Å². The van der Waals surface area contributed by atoms with Crippen LogP contribution in [-0.2, 0) is 6.42 Å². The predicted octanol–water partition coefficient (Wildman–Crippen LogP) is 4.42. The van der Waals surface area contributed by atoms with Crippen molar-refractivity contribution < 1.29 is 9.31 Å². The number of nitrogens with one attached hydrogen (secondary N) is 1. The summed E-state index contributed by atoms with van der Waals surface area (Å²) in [5.74, 6) is -0.310. The summed E-state index contributed by atoms with van der Waals surface area (Å²) >= 11 is 6.29. The molecule has 0 radical (unpaired) electrons. The van der Waals surface area contributed by atoms with Crippen molar-refractivity contribution in [2.75, 3.05) is 5.32 Å². The Labute approximate surface area is 169 Å². The predicted molar refractivity (Wildman–Crippen MR) is 107 cm³/mol. The van der Waals surface area contributed by atoms with Crippen LogP contribution in [0.25, 0.3) is 5.69 Å². The van der Waals surface area contributed by atoms with Crippen molar-refractivity contribution in [2.24, 2.45) is 0 Å². The third-order valence-corrected chi connectivity index (χ3v) is 5.34. The summed E-state index contributed by atoms with van der Waals surface area (Å²) in [6.45, 7) is 0. The number of fused-ring (bicyclic) bond motifs is 1. The van der Waals surface area contributed by atoms with Crippen molar-refractivity contribution >= 4 is 23.0 Å². The van der Waals surface area contributed by atoms with Gasteiger partial charge in [-0.05, 0) is 54.7 Å². The number of anilines is 1. The van der Waals surface area contributed by atoms with Crippen LogP contribution in [0.5, 0.6) is 0 Å². The Morgan fingerprint density at radius 3 is 2.72 bits per heavy atom. The van der Waals surface area contributed by atoms with Gasteiger partial charge < -0.3 is 5.32 Å². The second-order valence-electron chi connectivity index (χ2n) is 6.79. The van der Waals surface area contributed by atoms with Crippen molar-refractivity contribution in [3.8, 4) is 5.69 Å². The summed E-state index contributed by atoms with van der Waals surface area (Å²) in [5, 5.41) is 18.1. The largest absolute Gasteiger partial charge is 0.376 e. The van der Waals surface area contributed by atoms with E-state index in [-0.39, 0.29) is 22.6 Å². The highest BCUT2D eigenvalue weighted by molar-refractivity contribution is 6.33. The first-order valence-corrected chi connectivity index (χ1v) is 9.39. The van der Waals surface area contributed by atoms with Crippen LogP contribution in [-0.4, -0.2) is 14.7 Å². The average Bonchev–Trinajstić information content (AvgIpc) is 2.72. The summed E-state index contributed by atoms with van der Waals surface area (Å²) in [5.41, 5.74) is 2.00. The maximum atomic E-state index is 13.7. The Morgan fingerprint density at radius 2 is 2.00 bits per heavy atom. The van der Waals surface area contributed by atoms with Crippen molar-refractivity contribution in [1.29, 1.82) is 0 Å². The second-order valence-corrected chi connectivity index (χ2v) is 7.17. The average molecular weight is 415 g/mol. The minimum Gasteiger partial charge on any atom is -0.376 e. The van der Waals surface area contributed by atoms with Gasteiger partial charge in [0.25, 0.3) is 11.2 Å². The van der Waals surface area contributed by atoms with Crippen molar-refractivity contribution in [3.63, 3.8) is 0 Å². The summed E-state index contributed by atoms with van der Waals surface area (Å²) in [4.78, 5) is 22.9. The van der Waals surface area contributed by atoms with Crippen LogP contribution in [0, 0.1) is 15.9 Å². The maximum absolute atomic E-state index is 13.7. The Hall–Kier alpha value is -3.26. The fourth-order valence-electron chi connectivity index (χ4n) is 3.54. The highest BCUT2D eigenvalue weighted by Crippen LogP contribution is 2.34. The monoisotopic (exact) mass is 414 g/mol. The van der Waals surface area contributed by atoms with Crippen molar-refractivity contribution in [1.82, 2.24) is 9.78 Å². The zero-order valence-corrected chi connectivity index (χ0v) is 15.9. The minimum absolute atomic E-state index is 0.0538. The minimum atomic E-state index is -0.555. The molecule has 0 fully saturated rings. The number of non-ortho nitro benzene ring substituents is 1. The zero-order valence-electron chi connectivity index (χ0n) is 15.1. The molecule has 0 saturated carbocycles. The van der Waals surface area contributed by atoms with Gasteiger partial charge >= 0.3 is 0 Å². The van der Waals surface area contributed by atoms with Crippen molar-refractivity contribution in [3.05, 3.63) is 91.1 Å². The maximum Gasteiger partial charge on any atom is 0.292 e. The van der Waals surface area contributed by atoms with E-state index < -0.39 is 10.5 Å². The number of benzene rings is 2. The summed E-state index contributed by atoms with van der Waals surface area (Å²) in [6, 6.07) is 9.99. The fraction of sp³-hybridized carbons (Fsp3) is 0.200. The fourth-order valence-corrected chi connectivity index (χ4v) is 3.72. The first-order chi connectivity index (χ1) is 13.9. The van der Waals surface area contributed by atoms with Gasteiger partial charge in [0, 0.05) is 12.1 Å². The molecule has 1 heterocycles. The van der Waals surface area contributed by atoms with E-state index in [1.54, 1.807) is 6.07 Å². The Morgan fingerprint density at radius 1 is 1.24 bits per heavy atom. The van der Waals surface area contributed by atoms with Crippen LogP contribution in [0.1, 0.15) is 30.0 Å². The lowest BCUT2D eigenvalue weighted by molar-refractivity contribution is -0.384. The lowest BCUT2D eigenvalue weighted by atomic mass is 9.87. The van der Waals surface area contributed by atoms with Crippen LogP contribution in [0.3, 0.4) is 0 Å². The molecular formula is C20H16ClFN4O3. The smallest absolute Gasteiger partial charge is 0.292 e. The Kier molecular flexibility index (Phi) is 5.02. The van der Waals surface area contributed by atoms with E-state index in [2.05, 4.69) is 10.4 Å². The summed E-state index contributed by atoms with van der Waals surface area (Å²) < 4.78 is 14.8. The molecule has 1 unspecified atom stereocenters. The first-order valence-electron chi connectivity index (χ1n) is 9.01. The number of rotatable bonds is 4. The molecule has 1 N–H and O–H groups in total. The molecule has 1 aromatic heterocycles. The number of nitro benzene ring substituents is 1. The van der Waals surface area contributed by atoms with E-state index >= 15 is 0 Å². The van der Waals surface area contributed by atoms with Gasteiger partial charge in [-0.15, -0.1) is 0 Å². The van der Waals surface area contributed by atoms with E-state index in [1.165, 1.54) is 42.6 Å². The number of nitrogens with zero attached hydrogens (tertiary/aromatic N) is 3. The van der Waals surface area contributed by atoms with Gasteiger partial charge in [-0.1, -0.05) is 17.7 Å². The molecule has 29 heavy (non-hydrogen) atoms. The third-order valence-electron chi connectivity index (χ3n) is 4.98. The molecule has 1 atom stereocenters. The van der Waals surface area contributed by atoms with E-state index in [0.717, 1.165) is 35.1 Å². The van der Waals surface area contributed by atoms with Gasteiger partial charge in [0.1, 0.15) is 10.8 Å². The SMILES string of the molecule is O=c1c(Cl)c(NC2CCCc3ccc(F)cc32)cnn1-c1ccc([N+](=O)[O-])cc1. The van der Waals surface area contributed by atoms with E-state index in [4.69, 9.17) is 11.6 Å². The molecule has 1 aliphatic rings. The molecule has 1 aliphatic carbocycles. The Balaban J connectivity index is 1.64. The third kappa shape index (κ3) is 3.71. The highest BCUT2D eigenvalue weighted by atomic mass is 35.5. The number of halogens is 2. The van der Waals surface area contributed by atoms with Crippen LogP contribution < -0.4 is 10.9 Å². The lowest BCUT2D eigenvalue weighted by Gasteiger charge is -2.27. The Bertz CT molecular complexity index is 1150. The quantitative estimate of drug-likeness (QED) is 0.504. The summed E-state index contributed by atoms with van der Waals surface area (Å²) in [6.07, 6.45) is 4.01. The molecule has 148 valence electrons. The molecule has 0 amide bonds. The number of aryl methyl sites for hydroxylation is 1. The molecule has 9 heteroatoms. The standard InChI is InChI=1S/C20H16ClFN4O3/c21-19-18(24-17-3-1-2-12-4-5-13(22)10-16(12)17)11-23-25(20(19)27)14-6-8-15(9-7-14)26(28)29/h4-11,17,24H,1-3H2. The molecule has 0 saturated heterocycles. The zero-order chi connectivity index (χ0) is 20.5. The van der Waals surface area contributed by atoms with Gasteiger partial charge in [0.05, 0.1) is 28.5 Å². The highest BCUT2D eigenvalue weighted by Gasteiger charge is 2.22. The number of hydrogen-bond donors (Lipinski definition) is 1. The van der Waals surface area contributed by atoms with Gasteiger partial charge in [0.15, 0.2) is 0 Å². The topological polar surface area (TPSA) is 90.1 Å². The molecular weight excluding hydrogens is 399 g/mol. The van der Waals surface area contributed by atoms with Gasteiger partial charge in [-0.2, -0.15) is 9.78 Å². The number of nitro groups is 1. The number of aromatic nitrogens is 2. The van der Waals surface area contributed by atoms with Crippen molar-refractivity contribution in [2.45, 2.75) is 25.3 Å². The van der Waals surface area contributed by atoms with Crippen LogP contribution >= 0.6 is 11.6 Å².